The number of carbonyl (C=O) groups excluding carboxylic acids is 2. The van der Waals surface area contributed by atoms with Crippen LogP contribution in [0.2, 0.25) is 0 Å². The third-order valence-electron chi connectivity index (χ3n) is 9.29. The van der Waals surface area contributed by atoms with Gasteiger partial charge in [-0.1, -0.05) is 187 Å². The molecule has 0 spiro atoms. The van der Waals surface area contributed by atoms with Gasteiger partial charge in [-0.3, -0.25) is 18.6 Å². The summed E-state index contributed by atoms with van der Waals surface area (Å²) in [6.45, 7) is 3.56. The number of unbranched alkanes of at least 4 members (excludes halogenated alkanes) is 27. The Balaban J connectivity index is 3.52. The molecule has 0 bridgehead atoms. The van der Waals surface area contributed by atoms with Crippen molar-refractivity contribution in [2.24, 2.45) is 0 Å². The second-order valence-corrected chi connectivity index (χ2v) is 15.8. The summed E-state index contributed by atoms with van der Waals surface area (Å²) in [5.41, 5.74) is 0. The average molecular weight is 734 g/mol. The van der Waals surface area contributed by atoms with Crippen LogP contribution in [0.3, 0.4) is 0 Å². The molecule has 0 saturated heterocycles. The molecule has 0 radical (unpaired) electrons. The Morgan fingerprint density at radius 2 is 0.900 bits per heavy atom. The molecule has 3 N–H and O–H groups in total. The Hall–Kier alpha value is -0.990. The summed E-state index contributed by atoms with van der Waals surface area (Å²) >= 11 is 0. The lowest BCUT2D eigenvalue weighted by Gasteiger charge is -2.15. The molecule has 0 aliphatic rings. The number of rotatable bonds is 40. The smallest absolute Gasteiger partial charge is 0.463 e. The minimum atomic E-state index is -4.40. The Kier molecular flexibility index (Phi) is 37.0. The second-order valence-electron chi connectivity index (χ2n) is 14.3. The molecule has 0 aromatic rings. The van der Waals surface area contributed by atoms with E-state index in [1.807, 2.05) is 0 Å². The van der Waals surface area contributed by atoms with E-state index in [1.165, 1.54) is 148 Å². The summed E-state index contributed by atoms with van der Waals surface area (Å²) in [6.07, 6.45) is 36.2. The van der Waals surface area contributed by atoms with Crippen LogP contribution < -0.4 is 5.32 Å². The zero-order chi connectivity index (χ0) is 36.8. The number of aliphatic hydroxyl groups excluding tert-OH is 1. The lowest BCUT2D eigenvalue weighted by molar-refractivity contribution is -0.147. The number of hydrogen-bond donors (Lipinski definition) is 3. The minimum Gasteiger partial charge on any atom is -0.463 e. The Morgan fingerprint density at radius 1 is 0.540 bits per heavy atom. The van der Waals surface area contributed by atoms with E-state index in [4.69, 9.17) is 13.8 Å². The van der Waals surface area contributed by atoms with Crippen molar-refractivity contribution in [3.63, 3.8) is 0 Å². The van der Waals surface area contributed by atoms with Crippen LogP contribution in [0.25, 0.3) is 0 Å². The molecule has 0 aromatic heterocycles. The summed E-state index contributed by atoms with van der Waals surface area (Å²) in [5, 5.41) is 12.6. The van der Waals surface area contributed by atoms with Gasteiger partial charge >= 0.3 is 13.8 Å². The first-order valence-electron chi connectivity index (χ1n) is 21.0. The molecule has 9 nitrogen and oxygen atoms in total. The third-order valence-corrected chi connectivity index (χ3v) is 10.3. The number of amides is 1. The first kappa shape index (κ1) is 49.0. The Labute approximate surface area is 307 Å². The maximum absolute atomic E-state index is 12.1. The summed E-state index contributed by atoms with van der Waals surface area (Å²) in [6, 6.07) is 0. The van der Waals surface area contributed by atoms with Crippen LogP contribution in [0, 0.1) is 0 Å². The zero-order valence-corrected chi connectivity index (χ0v) is 33.5. The Bertz CT molecular complexity index is 799. The van der Waals surface area contributed by atoms with Crippen molar-refractivity contribution >= 4 is 19.7 Å². The Morgan fingerprint density at radius 3 is 1.30 bits per heavy atom. The highest BCUT2D eigenvalue weighted by molar-refractivity contribution is 7.47. The minimum absolute atomic E-state index is 0.0883. The van der Waals surface area contributed by atoms with Crippen LogP contribution in [0.5, 0.6) is 0 Å². The van der Waals surface area contributed by atoms with E-state index in [0.29, 0.717) is 6.42 Å². The first-order valence-corrected chi connectivity index (χ1v) is 22.5. The predicted octanol–water partition coefficient (Wildman–Crippen LogP) is 11.3. The number of ether oxygens (including phenoxy) is 1. The molecule has 0 aromatic carbocycles. The summed E-state index contributed by atoms with van der Waals surface area (Å²) in [5.74, 6) is -0.508. The second kappa shape index (κ2) is 37.8. The zero-order valence-electron chi connectivity index (χ0n) is 32.6. The van der Waals surface area contributed by atoms with Crippen molar-refractivity contribution in [3.05, 3.63) is 0 Å². The molecule has 50 heavy (non-hydrogen) atoms. The monoisotopic (exact) mass is 734 g/mol. The lowest BCUT2D eigenvalue weighted by Crippen LogP contribution is -2.27. The number of phosphoric acid groups is 1. The van der Waals surface area contributed by atoms with Crippen LogP contribution in [0.4, 0.5) is 0 Å². The number of carbonyl (C=O) groups is 2. The average Bonchev–Trinajstić information content (AvgIpc) is 3.10. The number of esters is 1. The molecule has 2 atom stereocenters. The van der Waals surface area contributed by atoms with Gasteiger partial charge in [0.15, 0.2) is 0 Å². The molecule has 0 aliphatic carbocycles. The first-order chi connectivity index (χ1) is 24.3. The van der Waals surface area contributed by atoms with Crippen LogP contribution >= 0.6 is 7.82 Å². The van der Waals surface area contributed by atoms with Crippen LogP contribution in [-0.4, -0.2) is 54.3 Å². The van der Waals surface area contributed by atoms with Gasteiger partial charge in [0.2, 0.25) is 5.91 Å². The van der Waals surface area contributed by atoms with Gasteiger partial charge in [0.05, 0.1) is 13.2 Å². The molecule has 0 fully saturated rings. The van der Waals surface area contributed by atoms with E-state index in [0.717, 1.165) is 38.5 Å². The highest BCUT2D eigenvalue weighted by Gasteiger charge is 2.23. The molecule has 10 heteroatoms. The van der Waals surface area contributed by atoms with Gasteiger partial charge in [0.25, 0.3) is 0 Å². The molecular formula is C40H80NO8P. The maximum atomic E-state index is 12.1. The molecule has 298 valence electrons. The van der Waals surface area contributed by atoms with Crippen molar-refractivity contribution in [2.45, 2.75) is 219 Å². The van der Waals surface area contributed by atoms with Crippen LogP contribution in [0.15, 0.2) is 0 Å². The number of hydrogen-bond acceptors (Lipinski definition) is 7. The topological polar surface area (TPSA) is 131 Å². The molecule has 0 aliphatic heterocycles. The van der Waals surface area contributed by atoms with Crippen molar-refractivity contribution in [3.8, 4) is 0 Å². The summed E-state index contributed by atoms with van der Waals surface area (Å²) in [7, 11) is -4.40. The van der Waals surface area contributed by atoms with E-state index < -0.39 is 26.5 Å². The van der Waals surface area contributed by atoms with E-state index in [2.05, 4.69) is 19.2 Å². The molecule has 0 heterocycles. The highest BCUT2D eigenvalue weighted by atomic mass is 31.2. The van der Waals surface area contributed by atoms with Gasteiger partial charge in [0.1, 0.15) is 12.7 Å². The largest absolute Gasteiger partial charge is 0.472 e. The predicted molar refractivity (Wildman–Crippen MR) is 206 cm³/mol. The summed E-state index contributed by atoms with van der Waals surface area (Å²) in [4.78, 5) is 33.7. The third kappa shape index (κ3) is 38.2. The van der Waals surface area contributed by atoms with Crippen LogP contribution in [-0.2, 0) is 27.9 Å². The SMILES string of the molecule is CCCCCCCCCCCCCCCCCCCCCCC(=O)NCCOP(=O)(O)OCC(O)COC(=O)CCCCCCCCCCC. The normalized spacial score (nSPS) is 13.3. The standard InChI is InChI=1S/C40H80NO8P/c1-3-5-7-9-11-13-14-15-16-17-18-19-20-21-22-23-25-26-28-30-32-39(43)41-34-35-48-50(45,46)49-37-38(42)36-47-40(44)33-31-29-27-24-12-10-8-6-4-2/h38,42H,3-37H2,1-2H3,(H,41,43)(H,45,46). The van der Waals surface area contributed by atoms with Crippen LogP contribution in [0.1, 0.15) is 213 Å². The lowest BCUT2D eigenvalue weighted by atomic mass is 10.0. The quantitative estimate of drug-likeness (QED) is 0.0322. The van der Waals surface area contributed by atoms with E-state index in [1.54, 1.807) is 0 Å². The molecular weight excluding hydrogens is 653 g/mol. The van der Waals surface area contributed by atoms with Gasteiger partial charge in [-0.25, -0.2) is 4.57 Å². The molecule has 1 amide bonds. The van der Waals surface area contributed by atoms with Gasteiger partial charge in [0, 0.05) is 19.4 Å². The molecule has 0 rings (SSSR count). The molecule has 0 saturated carbocycles. The van der Waals surface area contributed by atoms with E-state index in [9.17, 15) is 24.2 Å². The van der Waals surface area contributed by atoms with Gasteiger partial charge in [-0.2, -0.15) is 0 Å². The van der Waals surface area contributed by atoms with Gasteiger partial charge < -0.3 is 20.1 Å². The number of phosphoric ester groups is 1. The highest BCUT2D eigenvalue weighted by Crippen LogP contribution is 2.42. The van der Waals surface area contributed by atoms with Crippen molar-refractivity contribution in [1.29, 1.82) is 0 Å². The number of nitrogens with one attached hydrogen (secondary N) is 1. The van der Waals surface area contributed by atoms with E-state index >= 15 is 0 Å². The summed E-state index contributed by atoms with van der Waals surface area (Å²) < 4.78 is 26.8. The fourth-order valence-corrected chi connectivity index (χ4v) is 6.84. The van der Waals surface area contributed by atoms with Gasteiger partial charge in [-0.05, 0) is 12.8 Å². The number of aliphatic hydroxyl groups is 1. The maximum Gasteiger partial charge on any atom is 0.472 e. The fourth-order valence-electron chi connectivity index (χ4n) is 6.09. The van der Waals surface area contributed by atoms with Crippen molar-refractivity contribution < 1.29 is 37.9 Å². The molecule has 2 unspecified atom stereocenters. The van der Waals surface area contributed by atoms with Crippen molar-refractivity contribution in [1.82, 2.24) is 5.32 Å². The van der Waals surface area contributed by atoms with Crippen molar-refractivity contribution in [2.75, 3.05) is 26.4 Å². The van der Waals surface area contributed by atoms with Gasteiger partial charge in [-0.15, -0.1) is 0 Å². The van der Waals surface area contributed by atoms with E-state index in [-0.39, 0.29) is 32.1 Å². The fraction of sp³-hybridized carbons (Fsp3) is 0.950.